The van der Waals surface area contributed by atoms with Crippen molar-refractivity contribution in [2.45, 2.75) is 19.3 Å². The first kappa shape index (κ1) is 17.7. The van der Waals surface area contributed by atoms with Crippen LogP contribution in [0.4, 0.5) is 0 Å². The van der Waals surface area contributed by atoms with Gasteiger partial charge in [-0.1, -0.05) is 12.1 Å². The van der Waals surface area contributed by atoms with Crippen LogP contribution < -0.4 is 10.1 Å². The number of piperidine rings is 1. The number of nitrogens with zero attached hydrogens (tertiary/aromatic N) is 1. The quantitative estimate of drug-likeness (QED) is 0.839. The van der Waals surface area contributed by atoms with E-state index in [0.29, 0.717) is 32.0 Å². The van der Waals surface area contributed by atoms with Crippen molar-refractivity contribution in [3.8, 4) is 5.75 Å². The van der Waals surface area contributed by atoms with E-state index in [-0.39, 0.29) is 5.91 Å². The molecule has 1 heterocycles. The molecule has 1 aliphatic heterocycles. The van der Waals surface area contributed by atoms with Gasteiger partial charge in [0, 0.05) is 19.6 Å². The minimum atomic E-state index is -3.09. The van der Waals surface area contributed by atoms with E-state index in [1.54, 1.807) is 7.11 Å². The number of methoxy groups -OCH3 is 1. The van der Waals surface area contributed by atoms with Gasteiger partial charge in [-0.05, 0) is 36.5 Å². The molecule has 0 saturated carbocycles. The predicted molar refractivity (Wildman–Crippen MR) is 88.8 cm³/mol. The number of rotatable bonds is 6. The van der Waals surface area contributed by atoms with Gasteiger partial charge in [-0.25, -0.2) is 12.7 Å². The van der Waals surface area contributed by atoms with Crippen LogP contribution >= 0.6 is 0 Å². The topological polar surface area (TPSA) is 75.7 Å². The van der Waals surface area contributed by atoms with Gasteiger partial charge in [0.05, 0.1) is 19.8 Å². The second-order valence-electron chi connectivity index (χ2n) is 5.94. The van der Waals surface area contributed by atoms with Crippen LogP contribution in [0.2, 0.25) is 0 Å². The number of sulfonamides is 1. The molecule has 0 aliphatic carbocycles. The van der Waals surface area contributed by atoms with E-state index in [2.05, 4.69) is 5.32 Å². The molecule has 1 aromatic carbocycles. The number of ether oxygens (including phenoxy) is 1. The molecule has 1 amide bonds. The number of carbonyl (C=O) groups is 1. The van der Waals surface area contributed by atoms with Crippen LogP contribution in [0.3, 0.4) is 0 Å². The van der Waals surface area contributed by atoms with Crippen molar-refractivity contribution >= 4 is 15.9 Å². The first-order valence-electron chi connectivity index (χ1n) is 7.73. The molecule has 0 atom stereocenters. The van der Waals surface area contributed by atoms with E-state index in [1.807, 2.05) is 24.3 Å². The highest BCUT2D eigenvalue weighted by atomic mass is 32.2. The van der Waals surface area contributed by atoms with Gasteiger partial charge in [-0.15, -0.1) is 0 Å². The third-order valence-corrected chi connectivity index (χ3v) is 5.43. The van der Waals surface area contributed by atoms with Crippen molar-refractivity contribution in [1.82, 2.24) is 9.62 Å². The minimum Gasteiger partial charge on any atom is -0.497 e. The summed E-state index contributed by atoms with van der Waals surface area (Å²) in [5.41, 5.74) is 0.911. The number of benzene rings is 1. The molecule has 0 bridgehead atoms. The summed E-state index contributed by atoms with van der Waals surface area (Å²) in [7, 11) is -1.49. The summed E-state index contributed by atoms with van der Waals surface area (Å²) < 4.78 is 29.6. The Morgan fingerprint density at radius 2 is 2.04 bits per heavy atom. The fraction of sp³-hybridized carbons (Fsp3) is 0.562. The molecule has 1 N–H and O–H groups in total. The van der Waals surface area contributed by atoms with Gasteiger partial charge in [-0.3, -0.25) is 4.79 Å². The summed E-state index contributed by atoms with van der Waals surface area (Å²) in [6, 6.07) is 7.45. The maximum absolute atomic E-state index is 12.0. The van der Waals surface area contributed by atoms with E-state index in [4.69, 9.17) is 4.74 Å². The lowest BCUT2D eigenvalue weighted by molar-refractivity contribution is -0.120. The van der Waals surface area contributed by atoms with Crippen molar-refractivity contribution < 1.29 is 17.9 Å². The van der Waals surface area contributed by atoms with Crippen LogP contribution in [0, 0.1) is 5.92 Å². The zero-order valence-electron chi connectivity index (χ0n) is 13.6. The van der Waals surface area contributed by atoms with E-state index in [0.717, 1.165) is 24.2 Å². The fourth-order valence-electron chi connectivity index (χ4n) is 2.73. The third-order valence-electron chi connectivity index (χ3n) is 4.13. The molecule has 7 heteroatoms. The number of hydrogen-bond acceptors (Lipinski definition) is 4. The second kappa shape index (κ2) is 7.79. The zero-order chi connectivity index (χ0) is 16.9. The van der Waals surface area contributed by atoms with Crippen molar-refractivity contribution in [2.24, 2.45) is 5.92 Å². The van der Waals surface area contributed by atoms with Crippen molar-refractivity contribution in [1.29, 1.82) is 0 Å². The summed E-state index contributed by atoms with van der Waals surface area (Å²) >= 11 is 0. The smallest absolute Gasteiger partial charge is 0.224 e. The molecule has 1 saturated heterocycles. The highest BCUT2D eigenvalue weighted by Crippen LogP contribution is 2.18. The van der Waals surface area contributed by atoms with Gasteiger partial charge >= 0.3 is 0 Å². The molecule has 0 aromatic heterocycles. The molecule has 1 aliphatic rings. The Balaban J connectivity index is 1.75. The van der Waals surface area contributed by atoms with Gasteiger partial charge in [-0.2, -0.15) is 0 Å². The lowest BCUT2D eigenvalue weighted by atomic mass is 9.98. The molecule has 0 spiro atoms. The molecule has 1 fully saturated rings. The van der Waals surface area contributed by atoms with Gasteiger partial charge in [0.1, 0.15) is 5.75 Å². The Bertz CT molecular complexity index is 637. The van der Waals surface area contributed by atoms with E-state index in [9.17, 15) is 13.2 Å². The fourth-order valence-corrected chi connectivity index (χ4v) is 3.61. The Morgan fingerprint density at radius 1 is 1.35 bits per heavy atom. The average molecular weight is 340 g/mol. The molecule has 0 radical (unpaired) electrons. The number of nitrogens with one attached hydrogen (secondary N) is 1. The van der Waals surface area contributed by atoms with Crippen molar-refractivity contribution in [3.63, 3.8) is 0 Å². The molecule has 1 aromatic rings. The van der Waals surface area contributed by atoms with E-state index < -0.39 is 10.0 Å². The molecular weight excluding hydrogens is 316 g/mol. The molecule has 128 valence electrons. The predicted octanol–water partition coefficient (Wildman–Crippen LogP) is 1.03. The second-order valence-corrected chi connectivity index (χ2v) is 7.92. The first-order valence-corrected chi connectivity index (χ1v) is 9.58. The van der Waals surface area contributed by atoms with Crippen LogP contribution in [-0.4, -0.2) is 51.6 Å². The normalized spacial score (nSPS) is 17.0. The summed E-state index contributed by atoms with van der Waals surface area (Å²) in [6.07, 6.45) is 3.13. The number of amides is 1. The summed E-state index contributed by atoms with van der Waals surface area (Å²) in [4.78, 5) is 12.0. The van der Waals surface area contributed by atoms with Crippen LogP contribution in [0.25, 0.3) is 0 Å². The average Bonchev–Trinajstić information content (AvgIpc) is 2.52. The van der Waals surface area contributed by atoms with Crippen molar-refractivity contribution in [2.75, 3.05) is 33.0 Å². The Morgan fingerprint density at radius 3 is 2.65 bits per heavy atom. The highest BCUT2D eigenvalue weighted by Gasteiger charge is 2.24. The maximum Gasteiger partial charge on any atom is 0.224 e. The van der Waals surface area contributed by atoms with Gasteiger partial charge in [0.15, 0.2) is 0 Å². The molecular formula is C16H24N2O4S. The number of hydrogen-bond donors (Lipinski definition) is 1. The van der Waals surface area contributed by atoms with Gasteiger partial charge in [0.2, 0.25) is 15.9 Å². The first-order chi connectivity index (χ1) is 10.9. The molecule has 0 unspecified atom stereocenters. The maximum atomic E-state index is 12.0. The summed E-state index contributed by atoms with van der Waals surface area (Å²) in [5, 5.41) is 2.94. The summed E-state index contributed by atoms with van der Waals surface area (Å²) in [5.74, 6) is 1.05. The molecule has 23 heavy (non-hydrogen) atoms. The monoisotopic (exact) mass is 340 g/mol. The van der Waals surface area contributed by atoms with Crippen LogP contribution in [0.15, 0.2) is 24.3 Å². The Kier molecular flexibility index (Phi) is 6.01. The molecule has 2 rings (SSSR count). The van der Waals surface area contributed by atoms with Crippen LogP contribution in [0.5, 0.6) is 5.75 Å². The van der Waals surface area contributed by atoms with E-state index in [1.165, 1.54) is 10.6 Å². The van der Waals surface area contributed by atoms with Crippen LogP contribution in [-0.2, 0) is 21.2 Å². The minimum absolute atomic E-state index is 0.0243. The Hall–Kier alpha value is -1.60. The summed E-state index contributed by atoms with van der Waals surface area (Å²) in [6.45, 7) is 1.67. The largest absolute Gasteiger partial charge is 0.497 e. The van der Waals surface area contributed by atoms with Crippen LogP contribution in [0.1, 0.15) is 18.4 Å². The number of carbonyl (C=O) groups excluding carboxylic acids is 1. The lowest BCUT2D eigenvalue weighted by Gasteiger charge is -2.30. The van der Waals surface area contributed by atoms with Gasteiger partial charge in [0.25, 0.3) is 0 Å². The van der Waals surface area contributed by atoms with Gasteiger partial charge < -0.3 is 10.1 Å². The highest BCUT2D eigenvalue weighted by molar-refractivity contribution is 7.88. The Labute approximate surface area is 137 Å². The third kappa shape index (κ3) is 5.51. The van der Waals surface area contributed by atoms with Crippen molar-refractivity contribution in [3.05, 3.63) is 29.8 Å². The SMILES string of the molecule is COc1cccc(CC(=O)NCC2CCN(S(C)(=O)=O)CC2)c1. The lowest BCUT2D eigenvalue weighted by Crippen LogP contribution is -2.41. The van der Waals surface area contributed by atoms with E-state index >= 15 is 0 Å². The zero-order valence-corrected chi connectivity index (χ0v) is 14.4. The molecule has 6 nitrogen and oxygen atoms in total. The standard InChI is InChI=1S/C16H24N2O4S/c1-22-15-5-3-4-14(10-15)11-16(19)17-12-13-6-8-18(9-7-13)23(2,20)21/h3-5,10,13H,6-9,11-12H2,1-2H3,(H,17,19).